The standard InChI is InChI=1S/C17H23F3N2O3S/c1-16(2,3)12-6-8-13(9-7-12)26(24,25)22-10-4-5-14(22)15(23)21-11-17(18,19)20/h6-9,14H,4-5,10-11H2,1-3H3,(H,21,23). The quantitative estimate of drug-likeness (QED) is 0.857. The Kier molecular flexibility index (Phi) is 5.72. The fourth-order valence-corrected chi connectivity index (χ4v) is 4.51. The highest BCUT2D eigenvalue weighted by Crippen LogP contribution is 2.29. The molecule has 1 atom stereocenters. The van der Waals surface area contributed by atoms with Crippen LogP contribution in [0, 0.1) is 0 Å². The smallest absolute Gasteiger partial charge is 0.346 e. The highest BCUT2D eigenvalue weighted by molar-refractivity contribution is 7.89. The van der Waals surface area contributed by atoms with Gasteiger partial charge < -0.3 is 5.32 Å². The molecule has 1 aliphatic rings. The predicted molar refractivity (Wildman–Crippen MR) is 91.1 cm³/mol. The molecule has 146 valence electrons. The molecule has 1 fully saturated rings. The lowest BCUT2D eigenvalue weighted by Gasteiger charge is -2.24. The van der Waals surface area contributed by atoms with E-state index >= 15 is 0 Å². The number of alkyl halides is 3. The van der Waals surface area contributed by atoms with Crippen molar-refractivity contribution in [2.24, 2.45) is 0 Å². The van der Waals surface area contributed by atoms with Gasteiger partial charge in [0.05, 0.1) is 4.90 Å². The van der Waals surface area contributed by atoms with E-state index in [1.807, 2.05) is 20.8 Å². The minimum Gasteiger partial charge on any atom is -0.346 e. The van der Waals surface area contributed by atoms with Crippen molar-refractivity contribution in [2.45, 2.75) is 56.1 Å². The molecule has 1 N–H and O–H groups in total. The number of amides is 1. The first-order valence-corrected chi connectivity index (χ1v) is 9.73. The van der Waals surface area contributed by atoms with Gasteiger partial charge in [-0.25, -0.2) is 8.42 Å². The van der Waals surface area contributed by atoms with E-state index in [4.69, 9.17) is 0 Å². The number of nitrogens with zero attached hydrogens (tertiary/aromatic N) is 1. The third-order valence-corrected chi connectivity index (χ3v) is 6.22. The molecule has 1 amide bonds. The minimum atomic E-state index is -4.54. The molecule has 5 nitrogen and oxygen atoms in total. The zero-order chi connectivity index (χ0) is 19.8. The van der Waals surface area contributed by atoms with Crippen LogP contribution in [0.25, 0.3) is 0 Å². The van der Waals surface area contributed by atoms with Gasteiger partial charge in [-0.15, -0.1) is 0 Å². The van der Waals surface area contributed by atoms with Crippen LogP contribution in [0.15, 0.2) is 29.2 Å². The molecule has 1 saturated heterocycles. The lowest BCUT2D eigenvalue weighted by molar-refractivity contribution is -0.140. The normalized spacial score (nSPS) is 19.5. The molecule has 9 heteroatoms. The topological polar surface area (TPSA) is 66.5 Å². The predicted octanol–water partition coefficient (Wildman–Crippen LogP) is 2.82. The number of benzene rings is 1. The lowest BCUT2D eigenvalue weighted by Crippen LogP contribution is -2.47. The number of nitrogens with one attached hydrogen (secondary N) is 1. The summed E-state index contributed by atoms with van der Waals surface area (Å²) in [6.45, 7) is 4.62. The summed E-state index contributed by atoms with van der Waals surface area (Å²) in [6, 6.07) is 5.24. The molecule has 0 radical (unpaired) electrons. The highest BCUT2D eigenvalue weighted by atomic mass is 32.2. The molecule has 0 spiro atoms. The Morgan fingerprint density at radius 2 is 1.77 bits per heavy atom. The van der Waals surface area contributed by atoms with Gasteiger partial charge in [-0.2, -0.15) is 17.5 Å². The van der Waals surface area contributed by atoms with Crippen molar-refractivity contribution in [2.75, 3.05) is 13.1 Å². The van der Waals surface area contributed by atoms with Gasteiger partial charge >= 0.3 is 6.18 Å². The number of sulfonamides is 1. The summed E-state index contributed by atoms with van der Waals surface area (Å²) in [6.07, 6.45) is -3.92. The van der Waals surface area contributed by atoms with Gasteiger partial charge in [0.2, 0.25) is 15.9 Å². The Labute approximate surface area is 151 Å². The lowest BCUT2D eigenvalue weighted by atomic mass is 9.87. The van der Waals surface area contributed by atoms with Crippen molar-refractivity contribution in [1.82, 2.24) is 9.62 Å². The fraction of sp³-hybridized carbons (Fsp3) is 0.588. The molecule has 0 saturated carbocycles. The maximum Gasteiger partial charge on any atom is 0.405 e. The summed E-state index contributed by atoms with van der Waals surface area (Å²) in [4.78, 5) is 12.1. The van der Waals surface area contributed by atoms with Crippen LogP contribution in [0.1, 0.15) is 39.2 Å². The van der Waals surface area contributed by atoms with E-state index in [2.05, 4.69) is 0 Å². The molecule has 1 aliphatic heterocycles. The zero-order valence-corrected chi connectivity index (χ0v) is 15.7. The molecular weight excluding hydrogens is 369 g/mol. The second-order valence-corrected chi connectivity index (χ2v) is 9.27. The number of hydrogen-bond acceptors (Lipinski definition) is 3. The van der Waals surface area contributed by atoms with Crippen LogP contribution >= 0.6 is 0 Å². The van der Waals surface area contributed by atoms with E-state index < -0.39 is 34.7 Å². The summed E-state index contributed by atoms with van der Waals surface area (Å²) < 4.78 is 63.5. The molecule has 1 unspecified atom stereocenters. The SMILES string of the molecule is CC(C)(C)c1ccc(S(=O)(=O)N2CCCC2C(=O)NCC(F)(F)F)cc1. The molecule has 0 bridgehead atoms. The Hall–Kier alpha value is -1.61. The average Bonchev–Trinajstić information content (AvgIpc) is 3.01. The number of carbonyl (C=O) groups is 1. The minimum absolute atomic E-state index is 0.0287. The summed E-state index contributed by atoms with van der Waals surface area (Å²) in [5.74, 6) is -0.922. The van der Waals surface area contributed by atoms with Crippen molar-refractivity contribution in [3.05, 3.63) is 29.8 Å². The molecule has 26 heavy (non-hydrogen) atoms. The molecular formula is C17H23F3N2O3S. The van der Waals surface area contributed by atoms with Gasteiger partial charge in [0.1, 0.15) is 12.6 Å². The molecule has 0 aliphatic carbocycles. The van der Waals surface area contributed by atoms with Crippen molar-refractivity contribution in [1.29, 1.82) is 0 Å². The van der Waals surface area contributed by atoms with Gasteiger partial charge in [0, 0.05) is 6.54 Å². The number of carbonyl (C=O) groups excluding carboxylic acids is 1. The Morgan fingerprint density at radius 3 is 2.27 bits per heavy atom. The average molecular weight is 392 g/mol. The van der Waals surface area contributed by atoms with E-state index in [-0.39, 0.29) is 23.3 Å². The summed E-state index contributed by atoms with van der Waals surface area (Å²) in [7, 11) is -3.96. The first-order valence-electron chi connectivity index (χ1n) is 8.29. The van der Waals surface area contributed by atoms with E-state index in [9.17, 15) is 26.4 Å². The van der Waals surface area contributed by atoms with E-state index in [1.54, 1.807) is 17.4 Å². The summed E-state index contributed by atoms with van der Waals surface area (Å²) >= 11 is 0. The highest BCUT2D eigenvalue weighted by Gasteiger charge is 2.40. The maximum absolute atomic E-state index is 12.8. The Balaban J connectivity index is 2.20. The van der Waals surface area contributed by atoms with Gasteiger partial charge in [0.15, 0.2) is 0 Å². The first-order chi connectivity index (χ1) is 11.8. The van der Waals surface area contributed by atoms with Crippen molar-refractivity contribution >= 4 is 15.9 Å². The molecule has 1 aromatic rings. The van der Waals surface area contributed by atoms with Crippen molar-refractivity contribution in [3.63, 3.8) is 0 Å². The summed E-state index contributed by atoms with van der Waals surface area (Å²) in [5.41, 5.74) is 0.813. The Bertz CT molecular complexity index is 753. The number of rotatable bonds is 4. The van der Waals surface area contributed by atoms with Crippen molar-refractivity contribution in [3.8, 4) is 0 Å². The second-order valence-electron chi connectivity index (χ2n) is 7.38. The van der Waals surface area contributed by atoms with Crippen molar-refractivity contribution < 1.29 is 26.4 Å². The van der Waals surface area contributed by atoms with E-state index in [0.29, 0.717) is 6.42 Å². The van der Waals surface area contributed by atoms with Crippen LogP contribution in [0.4, 0.5) is 13.2 Å². The van der Waals surface area contributed by atoms with Crippen LogP contribution in [0.5, 0.6) is 0 Å². The molecule has 1 heterocycles. The first kappa shape index (κ1) is 20.7. The third kappa shape index (κ3) is 4.76. The summed E-state index contributed by atoms with van der Waals surface area (Å²) in [5, 5.41) is 1.78. The maximum atomic E-state index is 12.8. The largest absolute Gasteiger partial charge is 0.405 e. The number of hydrogen-bond donors (Lipinski definition) is 1. The van der Waals surface area contributed by atoms with Gasteiger partial charge in [-0.05, 0) is 36.0 Å². The molecule has 0 aromatic heterocycles. The van der Waals surface area contributed by atoms with Crippen LogP contribution in [-0.4, -0.2) is 43.9 Å². The number of halogens is 3. The monoisotopic (exact) mass is 392 g/mol. The fourth-order valence-electron chi connectivity index (χ4n) is 2.86. The third-order valence-electron chi connectivity index (χ3n) is 4.30. The van der Waals surface area contributed by atoms with Crippen LogP contribution in [0.3, 0.4) is 0 Å². The zero-order valence-electron chi connectivity index (χ0n) is 14.9. The van der Waals surface area contributed by atoms with Crippen LogP contribution < -0.4 is 5.32 Å². The van der Waals surface area contributed by atoms with Gasteiger partial charge in [0.25, 0.3) is 0 Å². The van der Waals surface area contributed by atoms with E-state index in [1.165, 1.54) is 12.1 Å². The Morgan fingerprint density at radius 1 is 1.19 bits per heavy atom. The van der Waals surface area contributed by atoms with Gasteiger partial charge in [-0.3, -0.25) is 4.79 Å². The molecule has 1 aromatic carbocycles. The van der Waals surface area contributed by atoms with Crippen LogP contribution in [0.2, 0.25) is 0 Å². The van der Waals surface area contributed by atoms with Gasteiger partial charge in [-0.1, -0.05) is 32.9 Å². The van der Waals surface area contributed by atoms with Crippen LogP contribution in [-0.2, 0) is 20.2 Å². The second kappa shape index (κ2) is 7.19. The van der Waals surface area contributed by atoms with E-state index in [0.717, 1.165) is 9.87 Å². The molecule has 2 rings (SSSR count).